The van der Waals surface area contributed by atoms with Crippen LogP contribution in [0.15, 0.2) is 30.3 Å². The lowest BCUT2D eigenvalue weighted by molar-refractivity contribution is 0.114. The lowest BCUT2D eigenvalue weighted by Gasteiger charge is -2.37. The number of benzene rings is 1. The van der Waals surface area contributed by atoms with Crippen molar-refractivity contribution in [3.63, 3.8) is 0 Å². The topological polar surface area (TPSA) is 47.3 Å². The largest absolute Gasteiger partial charge is 0.345 e. The van der Waals surface area contributed by atoms with Gasteiger partial charge in [0.05, 0.1) is 12.1 Å². The predicted octanol–water partition coefficient (Wildman–Crippen LogP) is 1.13. The van der Waals surface area contributed by atoms with Crippen LogP contribution in [-0.2, 0) is 6.54 Å². The molecule has 0 aliphatic carbocycles. The minimum Gasteiger partial charge on any atom is -0.345 e. The average Bonchev–Trinajstić information content (AvgIpc) is 2.98. The van der Waals surface area contributed by atoms with Gasteiger partial charge >= 0.3 is 0 Å². The SMILES string of the molecule is [B]C(=O)N1CC2CC1[C@H](C#N)N2Cc1ccccc1. The maximum Gasteiger partial charge on any atom is 0.200 e. The first kappa shape index (κ1) is 12.2. The van der Waals surface area contributed by atoms with E-state index >= 15 is 0 Å². The van der Waals surface area contributed by atoms with Gasteiger partial charge in [0, 0.05) is 19.1 Å². The summed E-state index contributed by atoms with van der Waals surface area (Å²) in [5.41, 5.74) is 1.20. The Kier molecular flexibility index (Phi) is 3.04. The number of carbonyl (C=O) groups is 1. The van der Waals surface area contributed by atoms with Crippen LogP contribution < -0.4 is 0 Å². The van der Waals surface area contributed by atoms with E-state index in [9.17, 15) is 10.1 Å². The van der Waals surface area contributed by atoms with Gasteiger partial charge in [-0.05, 0) is 12.0 Å². The molecule has 1 aromatic rings. The zero-order valence-corrected chi connectivity index (χ0v) is 10.6. The number of piperazine rings is 1. The summed E-state index contributed by atoms with van der Waals surface area (Å²) in [6, 6.07) is 12.4. The van der Waals surface area contributed by atoms with Gasteiger partial charge in [-0.15, -0.1) is 0 Å². The van der Waals surface area contributed by atoms with Crippen LogP contribution in [0.5, 0.6) is 0 Å². The first-order valence-electron chi connectivity index (χ1n) is 6.46. The van der Waals surface area contributed by atoms with Gasteiger partial charge in [-0.2, -0.15) is 5.26 Å². The zero-order chi connectivity index (χ0) is 13.4. The van der Waals surface area contributed by atoms with Crippen LogP contribution in [0.4, 0.5) is 4.79 Å². The molecule has 2 heterocycles. The summed E-state index contributed by atoms with van der Waals surface area (Å²) in [6.07, 6.45) is 0.855. The van der Waals surface area contributed by atoms with Crippen LogP contribution in [0, 0.1) is 11.3 Å². The smallest absolute Gasteiger partial charge is 0.200 e. The number of rotatable bonds is 2. The highest BCUT2D eigenvalue weighted by Gasteiger charge is 2.50. The molecule has 1 amide bonds. The molecule has 2 fully saturated rings. The quantitative estimate of drug-likeness (QED) is 0.740. The van der Waals surface area contributed by atoms with Crippen LogP contribution in [0.1, 0.15) is 12.0 Å². The summed E-state index contributed by atoms with van der Waals surface area (Å²) in [5, 5.41) is 9.37. The standard InChI is InChI=1S/C14H14BN3O/c15-14(19)18-9-11-6-12(18)13(7-16)17(11)8-10-4-2-1-3-5-10/h1-5,11-13H,6,8-9H2/t11?,12?,13-/m0/s1. The van der Waals surface area contributed by atoms with Crippen molar-refractivity contribution in [1.82, 2.24) is 9.80 Å². The van der Waals surface area contributed by atoms with Gasteiger partial charge in [0.25, 0.3) is 0 Å². The lowest BCUT2D eigenvalue weighted by Crippen LogP contribution is -2.53. The molecule has 0 aromatic heterocycles. The molecule has 5 heteroatoms. The van der Waals surface area contributed by atoms with E-state index in [2.05, 4.69) is 23.1 Å². The number of likely N-dealkylation sites (tertiary alicyclic amines) is 2. The fraction of sp³-hybridized carbons (Fsp3) is 0.429. The molecule has 2 saturated heterocycles. The highest BCUT2D eigenvalue weighted by molar-refractivity contribution is 6.57. The minimum atomic E-state index is -0.410. The highest BCUT2D eigenvalue weighted by atomic mass is 16.2. The summed E-state index contributed by atoms with van der Waals surface area (Å²) in [6.45, 7) is 1.40. The number of nitrogens with zero attached hydrogens (tertiary/aromatic N) is 3. The Balaban J connectivity index is 1.78. The Labute approximate surface area is 114 Å². The van der Waals surface area contributed by atoms with E-state index < -0.39 is 5.81 Å². The molecule has 19 heavy (non-hydrogen) atoms. The van der Waals surface area contributed by atoms with Crippen molar-refractivity contribution in [3.8, 4) is 6.07 Å². The Morgan fingerprint density at radius 2 is 2.16 bits per heavy atom. The molecular formula is C14H14BN3O. The number of hydrogen-bond acceptors (Lipinski definition) is 3. The first-order valence-corrected chi connectivity index (χ1v) is 6.46. The van der Waals surface area contributed by atoms with Crippen LogP contribution >= 0.6 is 0 Å². The molecule has 3 rings (SSSR count). The average molecular weight is 251 g/mol. The predicted molar refractivity (Wildman–Crippen MR) is 71.4 cm³/mol. The Morgan fingerprint density at radius 1 is 1.42 bits per heavy atom. The van der Waals surface area contributed by atoms with E-state index in [-0.39, 0.29) is 18.1 Å². The fourth-order valence-corrected chi connectivity index (χ4v) is 3.27. The third kappa shape index (κ3) is 2.02. The van der Waals surface area contributed by atoms with E-state index in [0.717, 1.165) is 13.0 Å². The van der Waals surface area contributed by atoms with Crippen molar-refractivity contribution >= 4 is 13.7 Å². The molecule has 1 aromatic carbocycles. The molecule has 4 nitrogen and oxygen atoms in total. The molecule has 0 N–H and O–H groups in total. The van der Waals surface area contributed by atoms with Crippen molar-refractivity contribution in [2.45, 2.75) is 31.1 Å². The van der Waals surface area contributed by atoms with Crippen LogP contribution in [0.25, 0.3) is 0 Å². The van der Waals surface area contributed by atoms with Gasteiger partial charge in [-0.3, -0.25) is 9.69 Å². The Hall–Kier alpha value is -1.80. The van der Waals surface area contributed by atoms with Crippen molar-refractivity contribution in [2.75, 3.05) is 6.54 Å². The normalized spacial score (nSPS) is 29.4. The van der Waals surface area contributed by atoms with Gasteiger partial charge in [0.2, 0.25) is 7.85 Å². The summed E-state index contributed by atoms with van der Waals surface area (Å²) in [5.74, 6) is -0.410. The van der Waals surface area contributed by atoms with E-state index in [0.29, 0.717) is 6.54 Å². The van der Waals surface area contributed by atoms with E-state index in [1.165, 1.54) is 5.56 Å². The number of nitriles is 1. The lowest BCUT2D eigenvalue weighted by atomic mass is 10.0. The Morgan fingerprint density at radius 3 is 2.79 bits per heavy atom. The zero-order valence-electron chi connectivity index (χ0n) is 10.6. The number of fused-ring (bicyclic) bond motifs is 2. The number of amides is 1. The monoisotopic (exact) mass is 251 g/mol. The number of carbonyl (C=O) groups excluding carboxylic acids is 1. The molecular weight excluding hydrogens is 237 g/mol. The van der Waals surface area contributed by atoms with Crippen molar-refractivity contribution in [2.24, 2.45) is 0 Å². The van der Waals surface area contributed by atoms with Crippen molar-refractivity contribution in [1.29, 1.82) is 5.26 Å². The van der Waals surface area contributed by atoms with Crippen LogP contribution in [-0.4, -0.2) is 48.1 Å². The summed E-state index contributed by atoms with van der Waals surface area (Å²) in [4.78, 5) is 15.2. The third-order valence-corrected chi connectivity index (χ3v) is 4.14. The first-order chi connectivity index (χ1) is 9.20. The summed E-state index contributed by atoms with van der Waals surface area (Å²) >= 11 is 0. The second-order valence-corrected chi connectivity index (χ2v) is 5.18. The molecule has 94 valence electrons. The molecule has 0 saturated carbocycles. The van der Waals surface area contributed by atoms with Gasteiger partial charge in [-0.25, -0.2) is 0 Å². The molecule has 2 aliphatic rings. The molecule has 2 bridgehead atoms. The van der Waals surface area contributed by atoms with Gasteiger partial charge in [-0.1, -0.05) is 30.3 Å². The summed E-state index contributed by atoms with van der Waals surface area (Å²) in [7, 11) is 5.36. The second-order valence-electron chi connectivity index (χ2n) is 5.18. The molecule has 2 radical (unpaired) electrons. The maximum absolute atomic E-state index is 11.3. The second kappa shape index (κ2) is 4.71. The van der Waals surface area contributed by atoms with E-state index in [4.69, 9.17) is 7.85 Å². The van der Waals surface area contributed by atoms with Crippen LogP contribution in [0.3, 0.4) is 0 Å². The molecule has 0 spiro atoms. The van der Waals surface area contributed by atoms with E-state index in [1.54, 1.807) is 4.90 Å². The maximum atomic E-state index is 11.3. The highest BCUT2D eigenvalue weighted by Crippen LogP contribution is 2.36. The third-order valence-electron chi connectivity index (χ3n) is 4.14. The van der Waals surface area contributed by atoms with Gasteiger partial charge in [0.1, 0.15) is 6.04 Å². The molecule has 2 aliphatic heterocycles. The van der Waals surface area contributed by atoms with Crippen molar-refractivity contribution < 1.29 is 4.79 Å². The number of hydrogen-bond donors (Lipinski definition) is 0. The minimum absolute atomic E-state index is 0.0452. The van der Waals surface area contributed by atoms with Crippen molar-refractivity contribution in [3.05, 3.63) is 35.9 Å². The van der Waals surface area contributed by atoms with Gasteiger partial charge in [0.15, 0.2) is 5.81 Å². The fourth-order valence-electron chi connectivity index (χ4n) is 3.27. The molecule has 2 unspecified atom stereocenters. The molecule has 3 atom stereocenters. The van der Waals surface area contributed by atoms with Gasteiger partial charge < -0.3 is 4.90 Å². The summed E-state index contributed by atoms with van der Waals surface area (Å²) < 4.78 is 0. The van der Waals surface area contributed by atoms with Crippen LogP contribution in [0.2, 0.25) is 0 Å². The van der Waals surface area contributed by atoms with E-state index in [1.807, 2.05) is 18.2 Å². The Bertz CT molecular complexity index is 527.